The second-order valence-corrected chi connectivity index (χ2v) is 10.6. The van der Waals surface area contributed by atoms with Crippen LogP contribution in [-0.4, -0.2) is 23.3 Å². The normalized spacial score (nSPS) is 18.1. The van der Waals surface area contributed by atoms with E-state index in [1.54, 1.807) is 36.1 Å². The van der Waals surface area contributed by atoms with E-state index in [0.717, 1.165) is 16.8 Å². The summed E-state index contributed by atoms with van der Waals surface area (Å²) in [6.07, 6.45) is 1.25. The van der Waals surface area contributed by atoms with Gasteiger partial charge < -0.3 is 16.0 Å². The van der Waals surface area contributed by atoms with Gasteiger partial charge >= 0.3 is 0 Å². The number of hydrogen-bond acceptors (Lipinski definition) is 3. The molecule has 0 spiro atoms. The zero-order valence-corrected chi connectivity index (χ0v) is 21.3. The van der Waals surface area contributed by atoms with E-state index in [1.165, 1.54) is 6.07 Å². The minimum Gasteiger partial charge on any atom is -0.399 e. The lowest BCUT2D eigenvalue weighted by Crippen LogP contribution is -2.46. The number of halogens is 1. The maximum absolute atomic E-state index is 14.8. The van der Waals surface area contributed by atoms with Crippen molar-refractivity contribution in [2.45, 2.75) is 52.0 Å². The minimum absolute atomic E-state index is 0.0527. The largest absolute Gasteiger partial charge is 0.399 e. The third-order valence-corrected chi connectivity index (χ3v) is 6.94. The molecule has 3 N–H and O–H groups in total. The van der Waals surface area contributed by atoms with Gasteiger partial charge in [-0.25, -0.2) is 4.39 Å². The number of piperidine rings is 1. The molecule has 0 unspecified atom stereocenters. The number of nitrogens with one attached hydrogen (secondary N) is 1. The number of anilines is 2. The molecule has 188 valence electrons. The summed E-state index contributed by atoms with van der Waals surface area (Å²) in [7, 11) is 0. The van der Waals surface area contributed by atoms with Gasteiger partial charge in [-0.2, -0.15) is 0 Å². The Morgan fingerprint density at radius 3 is 2.39 bits per heavy atom. The van der Waals surface area contributed by atoms with Crippen LogP contribution in [0.15, 0.2) is 66.7 Å². The van der Waals surface area contributed by atoms with Crippen LogP contribution < -0.4 is 11.1 Å². The minimum atomic E-state index is -0.554. The first-order chi connectivity index (χ1) is 17.1. The van der Waals surface area contributed by atoms with Crippen molar-refractivity contribution in [3.63, 3.8) is 0 Å². The van der Waals surface area contributed by atoms with Gasteiger partial charge in [0.1, 0.15) is 5.82 Å². The van der Waals surface area contributed by atoms with Gasteiger partial charge in [-0.1, -0.05) is 57.2 Å². The molecule has 0 radical (unpaired) electrons. The summed E-state index contributed by atoms with van der Waals surface area (Å²) in [6.45, 7) is 8.54. The number of nitrogen functional groups attached to an aromatic ring is 1. The molecule has 1 saturated heterocycles. The highest BCUT2D eigenvalue weighted by atomic mass is 19.1. The molecule has 0 saturated carbocycles. The molecule has 3 aromatic carbocycles. The van der Waals surface area contributed by atoms with Crippen molar-refractivity contribution in [3.8, 4) is 0 Å². The number of aryl methyl sites for hydroxylation is 1. The molecule has 1 heterocycles. The van der Waals surface area contributed by atoms with Crippen molar-refractivity contribution in [2.75, 3.05) is 17.6 Å². The van der Waals surface area contributed by atoms with Crippen LogP contribution in [0.4, 0.5) is 15.8 Å². The summed E-state index contributed by atoms with van der Waals surface area (Å²) >= 11 is 0. The van der Waals surface area contributed by atoms with Gasteiger partial charge in [-0.15, -0.1) is 0 Å². The average Bonchev–Trinajstić information content (AvgIpc) is 2.83. The molecule has 1 aliphatic rings. The maximum Gasteiger partial charge on any atom is 0.257 e. The lowest BCUT2D eigenvalue weighted by molar-refractivity contribution is -0.123. The first-order valence-corrected chi connectivity index (χ1v) is 12.4. The Balaban J connectivity index is 1.70. The molecule has 2 amide bonds. The number of benzene rings is 3. The molecule has 1 fully saturated rings. The fourth-order valence-corrected chi connectivity index (χ4v) is 4.95. The first kappa shape index (κ1) is 25.4. The molecule has 36 heavy (non-hydrogen) atoms. The SMILES string of the molecule is Cc1cccc(F)c1C(=O)N1CCC[C@H](C(=O)Nc2cccc(C(C)(C)C)c2)[C@@H]1c1ccc(N)cc1. The number of hydrogen-bond donors (Lipinski definition) is 2. The molecule has 3 aromatic rings. The lowest BCUT2D eigenvalue weighted by Gasteiger charge is -2.41. The topological polar surface area (TPSA) is 75.4 Å². The van der Waals surface area contributed by atoms with E-state index < -0.39 is 23.7 Å². The van der Waals surface area contributed by atoms with Crippen molar-refractivity contribution in [2.24, 2.45) is 5.92 Å². The van der Waals surface area contributed by atoms with Crippen LogP contribution in [0.1, 0.15) is 66.7 Å². The zero-order valence-electron chi connectivity index (χ0n) is 21.3. The molecule has 4 rings (SSSR count). The molecule has 0 aliphatic carbocycles. The highest BCUT2D eigenvalue weighted by Gasteiger charge is 2.40. The smallest absolute Gasteiger partial charge is 0.257 e. The maximum atomic E-state index is 14.8. The number of carbonyl (C=O) groups is 2. The van der Waals surface area contributed by atoms with Crippen LogP contribution in [0.3, 0.4) is 0 Å². The quantitative estimate of drug-likeness (QED) is 0.427. The summed E-state index contributed by atoms with van der Waals surface area (Å²) in [5.41, 5.74) is 9.72. The van der Waals surface area contributed by atoms with Crippen molar-refractivity contribution < 1.29 is 14.0 Å². The highest BCUT2D eigenvalue weighted by molar-refractivity contribution is 5.98. The number of nitrogens with zero attached hydrogens (tertiary/aromatic N) is 1. The van der Waals surface area contributed by atoms with Gasteiger partial charge in [0.2, 0.25) is 5.91 Å². The number of rotatable bonds is 4. The van der Waals surface area contributed by atoms with Gasteiger partial charge in [0.15, 0.2) is 0 Å². The van der Waals surface area contributed by atoms with E-state index in [4.69, 9.17) is 5.73 Å². The van der Waals surface area contributed by atoms with Gasteiger partial charge in [0.25, 0.3) is 5.91 Å². The van der Waals surface area contributed by atoms with Crippen LogP contribution in [0.5, 0.6) is 0 Å². The predicted octanol–water partition coefficient (Wildman–Crippen LogP) is 6.25. The monoisotopic (exact) mass is 487 g/mol. The number of nitrogens with two attached hydrogens (primary N) is 1. The zero-order chi connectivity index (χ0) is 26.0. The van der Waals surface area contributed by atoms with E-state index in [-0.39, 0.29) is 16.9 Å². The third-order valence-electron chi connectivity index (χ3n) is 6.94. The Labute approximate surface area is 212 Å². The van der Waals surface area contributed by atoms with E-state index in [2.05, 4.69) is 26.1 Å². The van der Waals surface area contributed by atoms with Crippen molar-refractivity contribution >= 4 is 23.2 Å². The first-order valence-electron chi connectivity index (χ1n) is 12.4. The van der Waals surface area contributed by atoms with Crippen molar-refractivity contribution in [3.05, 3.63) is 94.8 Å². The number of likely N-dealkylation sites (tertiary alicyclic amines) is 1. The fraction of sp³-hybridized carbons (Fsp3) is 0.333. The van der Waals surface area contributed by atoms with Gasteiger partial charge in [-0.3, -0.25) is 9.59 Å². The van der Waals surface area contributed by atoms with Crippen LogP contribution in [-0.2, 0) is 10.2 Å². The van der Waals surface area contributed by atoms with E-state index in [9.17, 15) is 14.0 Å². The summed E-state index contributed by atoms with van der Waals surface area (Å²) < 4.78 is 14.8. The summed E-state index contributed by atoms with van der Waals surface area (Å²) in [5, 5.41) is 3.08. The van der Waals surface area contributed by atoms with Gasteiger partial charge in [0, 0.05) is 17.9 Å². The number of amides is 2. The Kier molecular flexibility index (Phi) is 7.16. The van der Waals surface area contributed by atoms with Crippen LogP contribution in [0.2, 0.25) is 0 Å². The molecule has 1 aliphatic heterocycles. The van der Waals surface area contributed by atoms with Crippen molar-refractivity contribution in [1.82, 2.24) is 4.90 Å². The second kappa shape index (κ2) is 10.1. The highest BCUT2D eigenvalue weighted by Crippen LogP contribution is 2.39. The third kappa shape index (κ3) is 5.27. The Morgan fingerprint density at radius 2 is 1.72 bits per heavy atom. The van der Waals surface area contributed by atoms with Gasteiger partial charge in [-0.05, 0) is 72.2 Å². The van der Waals surface area contributed by atoms with Crippen LogP contribution in [0.25, 0.3) is 0 Å². The molecule has 0 aromatic heterocycles. The summed E-state index contributed by atoms with van der Waals surface area (Å²) in [6, 6.07) is 19.2. The van der Waals surface area contributed by atoms with Crippen molar-refractivity contribution in [1.29, 1.82) is 0 Å². The van der Waals surface area contributed by atoms with Crippen LogP contribution in [0, 0.1) is 18.7 Å². The molecule has 0 bridgehead atoms. The van der Waals surface area contributed by atoms with Gasteiger partial charge in [0.05, 0.1) is 17.5 Å². The molecular weight excluding hydrogens is 453 g/mol. The Morgan fingerprint density at radius 1 is 1.03 bits per heavy atom. The molecular formula is C30H34FN3O2. The molecule has 6 heteroatoms. The lowest BCUT2D eigenvalue weighted by atomic mass is 9.83. The molecule has 5 nitrogen and oxygen atoms in total. The second-order valence-electron chi connectivity index (χ2n) is 10.6. The fourth-order valence-electron chi connectivity index (χ4n) is 4.95. The van der Waals surface area contributed by atoms with Crippen LogP contribution >= 0.6 is 0 Å². The van der Waals surface area contributed by atoms with E-state index in [1.807, 2.05) is 36.4 Å². The van der Waals surface area contributed by atoms with E-state index in [0.29, 0.717) is 30.6 Å². The molecule has 2 atom stereocenters. The summed E-state index contributed by atoms with van der Waals surface area (Å²) in [5.74, 6) is -1.62. The Bertz CT molecular complexity index is 1240. The summed E-state index contributed by atoms with van der Waals surface area (Å²) in [4.78, 5) is 29.0. The van der Waals surface area contributed by atoms with E-state index >= 15 is 0 Å². The average molecular weight is 488 g/mol. The predicted molar refractivity (Wildman–Crippen MR) is 142 cm³/mol. The standard InChI is InChI=1S/C30H34FN3O2/c1-19-8-5-12-25(31)26(19)29(36)34-17-7-11-24(27(34)20-13-15-22(32)16-14-20)28(35)33-23-10-6-9-21(18-23)30(2,3)4/h5-6,8-10,12-16,18,24,27H,7,11,17,32H2,1-4H3,(H,33,35)/t24-,27-/m0/s1. The number of carbonyl (C=O) groups excluding carboxylic acids is 2. The Hall–Kier alpha value is -3.67.